The van der Waals surface area contributed by atoms with Gasteiger partial charge < -0.3 is 10.1 Å². The van der Waals surface area contributed by atoms with Gasteiger partial charge in [0.05, 0.1) is 12.8 Å². The molecule has 0 radical (unpaired) electrons. The topological polar surface area (TPSA) is 50.7 Å². The SMILES string of the molecule is COc1ccc(C(=O)C(=Nc2ccc(C)cc2)Nc2ccc(C)cc2)cc1. The molecule has 1 N–H and O–H groups in total. The highest BCUT2D eigenvalue weighted by Crippen LogP contribution is 2.18. The van der Waals surface area contributed by atoms with Crippen molar-refractivity contribution in [3.63, 3.8) is 0 Å². The van der Waals surface area contributed by atoms with Gasteiger partial charge in [0.1, 0.15) is 5.75 Å². The molecule has 3 aromatic carbocycles. The molecular weight excluding hydrogens is 336 g/mol. The van der Waals surface area contributed by atoms with E-state index in [0.29, 0.717) is 11.3 Å². The third-order valence-corrected chi connectivity index (χ3v) is 4.16. The summed E-state index contributed by atoms with van der Waals surface area (Å²) < 4.78 is 5.17. The molecule has 0 fully saturated rings. The van der Waals surface area contributed by atoms with Crippen molar-refractivity contribution in [2.45, 2.75) is 13.8 Å². The van der Waals surface area contributed by atoms with E-state index in [4.69, 9.17) is 4.74 Å². The lowest BCUT2D eigenvalue weighted by atomic mass is 10.1. The van der Waals surface area contributed by atoms with Crippen LogP contribution in [0.15, 0.2) is 77.8 Å². The molecule has 0 saturated carbocycles. The Morgan fingerprint density at radius 3 is 1.93 bits per heavy atom. The standard InChI is InChI=1S/C23H22N2O2/c1-16-4-10-19(11-5-16)24-23(25-20-12-6-17(2)7-13-20)22(26)18-8-14-21(27-3)15-9-18/h4-15H,1-3H3,(H,24,25). The fourth-order valence-electron chi connectivity index (χ4n) is 2.54. The highest BCUT2D eigenvalue weighted by atomic mass is 16.5. The number of aliphatic imine (C=N–C) groups is 1. The van der Waals surface area contributed by atoms with Gasteiger partial charge in [0, 0.05) is 11.3 Å². The Balaban J connectivity index is 1.95. The lowest BCUT2D eigenvalue weighted by molar-refractivity contribution is 0.106. The molecule has 0 atom stereocenters. The molecule has 0 heterocycles. The van der Waals surface area contributed by atoms with Gasteiger partial charge in [-0.2, -0.15) is 0 Å². The Bertz CT molecular complexity index is 941. The lowest BCUT2D eigenvalue weighted by Gasteiger charge is -2.10. The van der Waals surface area contributed by atoms with Crippen molar-refractivity contribution in [3.8, 4) is 5.75 Å². The van der Waals surface area contributed by atoms with Gasteiger partial charge in [-0.3, -0.25) is 4.79 Å². The zero-order chi connectivity index (χ0) is 19.2. The Labute approximate surface area is 159 Å². The number of nitrogens with zero attached hydrogens (tertiary/aromatic N) is 1. The average molecular weight is 358 g/mol. The van der Waals surface area contributed by atoms with Crippen molar-refractivity contribution >= 4 is 23.0 Å². The number of amidine groups is 1. The maximum absolute atomic E-state index is 13.1. The second kappa shape index (κ2) is 8.32. The molecule has 0 aliphatic rings. The second-order valence-electron chi connectivity index (χ2n) is 6.34. The highest BCUT2D eigenvalue weighted by molar-refractivity contribution is 6.49. The predicted octanol–water partition coefficient (Wildman–Crippen LogP) is 5.34. The molecule has 0 bridgehead atoms. The monoisotopic (exact) mass is 358 g/mol. The van der Waals surface area contributed by atoms with Crippen molar-refractivity contribution in [1.29, 1.82) is 0 Å². The van der Waals surface area contributed by atoms with E-state index in [1.807, 2.05) is 62.4 Å². The minimum absolute atomic E-state index is 0.182. The summed E-state index contributed by atoms with van der Waals surface area (Å²) in [6.45, 7) is 4.04. The highest BCUT2D eigenvalue weighted by Gasteiger charge is 2.15. The largest absolute Gasteiger partial charge is 0.497 e. The number of carbonyl (C=O) groups is 1. The van der Waals surface area contributed by atoms with Crippen LogP contribution in [-0.4, -0.2) is 18.7 Å². The first-order valence-corrected chi connectivity index (χ1v) is 8.73. The minimum atomic E-state index is -0.182. The van der Waals surface area contributed by atoms with E-state index >= 15 is 0 Å². The van der Waals surface area contributed by atoms with Crippen LogP contribution < -0.4 is 10.1 Å². The first kappa shape index (κ1) is 18.4. The predicted molar refractivity (Wildman–Crippen MR) is 110 cm³/mol. The van der Waals surface area contributed by atoms with Gasteiger partial charge in [-0.1, -0.05) is 35.4 Å². The Hall–Kier alpha value is -3.40. The van der Waals surface area contributed by atoms with E-state index in [-0.39, 0.29) is 11.6 Å². The maximum Gasteiger partial charge on any atom is 0.228 e. The van der Waals surface area contributed by atoms with Gasteiger partial charge in [0.15, 0.2) is 5.84 Å². The zero-order valence-electron chi connectivity index (χ0n) is 15.7. The van der Waals surface area contributed by atoms with E-state index in [1.165, 1.54) is 0 Å². The molecule has 0 aliphatic carbocycles. The fourth-order valence-corrected chi connectivity index (χ4v) is 2.54. The molecule has 0 unspecified atom stereocenters. The number of hydrogen-bond donors (Lipinski definition) is 1. The van der Waals surface area contributed by atoms with Crippen molar-refractivity contribution in [1.82, 2.24) is 0 Å². The van der Waals surface area contributed by atoms with Crippen molar-refractivity contribution in [3.05, 3.63) is 89.5 Å². The number of benzene rings is 3. The Kier molecular flexibility index (Phi) is 5.67. The van der Waals surface area contributed by atoms with Gasteiger partial charge in [-0.25, -0.2) is 4.99 Å². The number of carbonyl (C=O) groups excluding carboxylic acids is 1. The Morgan fingerprint density at radius 1 is 0.815 bits per heavy atom. The molecular formula is C23H22N2O2. The summed E-state index contributed by atoms with van der Waals surface area (Å²) in [5.74, 6) is 0.793. The fraction of sp³-hybridized carbons (Fsp3) is 0.130. The molecule has 4 nitrogen and oxygen atoms in total. The summed E-state index contributed by atoms with van der Waals surface area (Å²) in [5, 5.41) is 3.17. The minimum Gasteiger partial charge on any atom is -0.497 e. The third kappa shape index (κ3) is 4.82. The number of anilines is 1. The molecule has 136 valence electrons. The summed E-state index contributed by atoms with van der Waals surface area (Å²) >= 11 is 0. The van der Waals surface area contributed by atoms with Gasteiger partial charge in [-0.05, 0) is 62.4 Å². The number of aryl methyl sites for hydroxylation is 2. The van der Waals surface area contributed by atoms with Gasteiger partial charge in [-0.15, -0.1) is 0 Å². The van der Waals surface area contributed by atoms with E-state index < -0.39 is 0 Å². The summed E-state index contributed by atoms with van der Waals surface area (Å²) in [4.78, 5) is 17.6. The summed E-state index contributed by atoms with van der Waals surface area (Å²) in [5.41, 5.74) is 4.37. The molecule has 3 rings (SSSR count). The van der Waals surface area contributed by atoms with E-state index in [2.05, 4.69) is 10.3 Å². The van der Waals surface area contributed by atoms with Crippen LogP contribution in [0.1, 0.15) is 21.5 Å². The van der Waals surface area contributed by atoms with Crippen LogP contribution >= 0.6 is 0 Å². The summed E-state index contributed by atoms with van der Waals surface area (Å²) in [7, 11) is 1.60. The van der Waals surface area contributed by atoms with Crippen LogP contribution in [0.25, 0.3) is 0 Å². The van der Waals surface area contributed by atoms with Crippen LogP contribution in [0.3, 0.4) is 0 Å². The number of ketones is 1. The third-order valence-electron chi connectivity index (χ3n) is 4.16. The number of rotatable bonds is 5. The molecule has 0 aliphatic heterocycles. The van der Waals surface area contributed by atoms with Crippen LogP contribution in [0.2, 0.25) is 0 Å². The average Bonchev–Trinajstić information content (AvgIpc) is 2.70. The molecule has 0 aromatic heterocycles. The van der Waals surface area contributed by atoms with Gasteiger partial charge >= 0.3 is 0 Å². The smallest absolute Gasteiger partial charge is 0.228 e. The Morgan fingerprint density at radius 2 is 1.37 bits per heavy atom. The van der Waals surface area contributed by atoms with Crippen molar-refractivity contribution in [2.75, 3.05) is 12.4 Å². The first-order valence-electron chi connectivity index (χ1n) is 8.73. The van der Waals surface area contributed by atoms with Crippen LogP contribution in [0.4, 0.5) is 11.4 Å². The van der Waals surface area contributed by atoms with Crippen LogP contribution in [-0.2, 0) is 0 Å². The number of Topliss-reactive ketones (excluding diaryl/α,β-unsaturated/α-hetero) is 1. The molecule has 27 heavy (non-hydrogen) atoms. The number of methoxy groups -OCH3 is 1. The normalized spacial score (nSPS) is 11.1. The lowest BCUT2D eigenvalue weighted by Crippen LogP contribution is -2.23. The number of hydrogen-bond acceptors (Lipinski definition) is 3. The van der Waals surface area contributed by atoms with E-state index in [1.54, 1.807) is 31.4 Å². The number of ether oxygens (including phenoxy) is 1. The second-order valence-corrected chi connectivity index (χ2v) is 6.34. The molecule has 0 saturated heterocycles. The van der Waals surface area contributed by atoms with E-state index in [0.717, 1.165) is 22.5 Å². The van der Waals surface area contributed by atoms with Crippen molar-refractivity contribution < 1.29 is 9.53 Å². The molecule has 4 heteroatoms. The molecule has 0 spiro atoms. The maximum atomic E-state index is 13.1. The summed E-state index contributed by atoms with van der Waals surface area (Å²) in [6.07, 6.45) is 0. The molecule has 0 amide bonds. The first-order chi connectivity index (χ1) is 13.0. The zero-order valence-corrected chi connectivity index (χ0v) is 15.7. The number of nitrogens with one attached hydrogen (secondary N) is 1. The molecule has 3 aromatic rings. The van der Waals surface area contributed by atoms with Crippen molar-refractivity contribution in [2.24, 2.45) is 4.99 Å². The van der Waals surface area contributed by atoms with Gasteiger partial charge in [0.25, 0.3) is 0 Å². The van der Waals surface area contributed by atoms with E-state index in [9.17, 15) is 4.79 Å². The summed E-state index contributed by atoms with van der Waals surface area (Å²) in [6, 6.07) is 22.6. The van der Waals surface area contributed by atoms with Crippen LogP contribution in [0, 0.1) is 13.8 Å². The quantitative estimate of drug-likeness (QED) is 0.381. The van der Waals surface area contributed by atoms with Crippen LogP contribution in [0.5, 0.6) is 5.75 Å². The van der Waals surface area contributed by atoms with Gasteiger partial charge in [0.2, 0.25) is 5.78 Å².